The summed E-state index contributed by atoms with van der Waals surface area (Å²) in [5, 5.41) is 14.1. The number of ether oxygens (including phenoxy) is 3. The van der Waals surface area contributed by atoms with Crippen LogP contribution in [0.4, 0.5) is 4.79 Å². The first-order valence-corrected chi connectivity index (χ1v) is 10.7. The highest BCUT2D eigenvalue weighted by Gasteiger charge is 2.11. The minimum absolute atomic E-state index is 0.382. The second kappa shape index (κ2) is 10.5. The summed E-state index contributed by atoms with van der Waals surface area (Å²) in [6.45, 7) is 2.42. The van der Waals surface area contributed by atoms with E-state index in [1.54, 1.807) is 20.3 Å². The van der Waals surface area contributed by atoms with E-state index in [0.29, 0.717) is 35.9 Å². The van der Waals surface area contributed by atoms with Gasteiger partial charge in [-0.15, -0.1) is 5.10 Å². The Morgan fingerprint density at radius 2 is 1.74 bits per heavy atom. The van der Waals surface area contributed by atoms with Gasteiger partial charge in [0.15, 0.2) is 11.5 Å². The first kappa shape index (κ1) is 22.8. The highest BCUT2D eigenvalue weighted by Crippen LogP contribution is 2.29. The number of hydrogen-bond donors (Lipinski definition) is 1. The molecule has 0 radical (unpaired) electrons. The van der Waals surface area contributed by atoms with E-state index in [1.807, 2.05) is 61.5 Å². The number of methoxy groups -OCH3 is 2. The Morgan fingerprint density at radius 1 is 0.941 bits per heavy atom. The van der Waals surface area contributed by atoms with Gasteiger partial charge in [-0.2, -0.15) is 0 Å². The van der Waals surface area contributed by atoms with E-state index in [1.165, 1.54) is 11.0 Å². The van der Waals surface area contributed by atoms with Crippen molar-refractivity contribution in [3.8, 4) is 34.1 Å². The molecule has 0 aliphatic rings. The van der Waals surface area contributed by atoms with Crippen LogP contribution in [0.3, 0.4) is 0 Å². The largest absolute Gasteiger partial charge is 0.493 e. The van der Waals surface area contributed by atoms with Crippen LogP contribution in [0.15, 0.2) is 67.0 Å². The highest BCUT2D eigenvalue weighted by atomic mass is 16.6. The van der Waals surface area contributed by atoms with E-state index >= 15 is 0 Å². The monoisotopic (exact) mass is 459 g/mol. The van der Waals surface area contributed by atoms with Crippen molar-refractivity contribution in [1.29, 1.82) is 0 Å². The van der Waals surface area contributed by atoms with Crippen molar-refractivity contribution in [2.24, 2.45) is 0 Å². The summed E-state index contributed by atoms with van der Waals surface area (Å²) in [5.74, 6) is 1.68. The third-order valence-corrected chi connectivity index (χ3v) is 5.23. The van der Waals surface area contributed by atoms with E-state index in [9.17, 15) is 4.79 Å². The van der Waals surface area contributed by atoms with Gasteiger partial charge in [-0.05, 0) is 64.7 Å². The van der Waals surface area contributed by atoms with Gasteiger partial charge in [-0.3, -0.25) is 0 Å². The molecule has 0 aliphatic carbocycles. The predicted molar refractivity (Wildman–Crippen MR) is 127 cm³/mol. The first-order chi connectivity index (χ1) is 16.6. The standard InChI is InChI=1S/C25H25N5O4/c1-17-4-7-19(8-5-17)20-13-21(30-16-27-28-29-30)15-22(14-20)34-25(31)26-11-10-18-6-9-23(32-2)24(12-18)33-3/h4-9,12-16H,10-11H2,1-3H3,(H,26,31). The predicted octanol–water partition coefficient (Wildman–Crippen LogP) is 3.99. The summed E-state index contributed by atoms with van der Waals surface area (Å²) in [7, 11) is 3.18. The molecule has 1 aromatic heterocycles. The molecule has 0 spiro atoms. The van der Waals surface area contributed by atoms with E-state index in [-0.39, 0.29) is 0 Å². The zero-order valence-electron chi connectivity index (χ0n) is 19.2. The summed E-state index contributed by atoms with van der Waals surface area (Å²) >= 11 is 0. The summed E-state index contributed by atoms with van der Waals surface area (Å²) in [5.41, 5.74) is 4.70. The molecule has 4 aromatic rings. The molecule has 9 nitrogen and oxygen atoms in total. The lowest BCUT2D eigenvalue weighted by molar-refractivity contribution is 0.200. The second-order valence-corrected chi connectivity index (χ2v) is 7.59. The molecule has 174 valence electrons. The number of rotatable bonds is 8. The molecule has 34 heavy (non-hydrogen) atoms. The van der Waals surface area contributed by atoms with Crippen LogP contribution in [-0.2, 0) is 6.42 Å². The molecular weight excluding hydrogens is 434 g/mol. The van der Waals surface area contributed by atoms with Crippen LogP contribution in [0.5, 0.6) is 17.2 Å². The Morgan fingerprint density at radius 3 is 2.44 bits per heavy atom. The molecule has 1 N–H and O–H groups in total. The molecule has 9 heteroatoms. The van der Waals surface area contributed by atoms with Crippen molar-refractivity contribution in [2.45, 2.75) is 13.3 Å². The van der Waals surface area contributed by atoms with Crippen LogP contribution in [0.25, 0.3) is 16.8 Å². The molecule has 0 atom stereocenters. The van der Waals surface area contributed by atoms with Gasteiger partial charge < -0.3 is 19.5 Å². The van der Waals surface area contributed by atoms with Gasteiger partial charge in [0.2, 0.25) is 0 Å². The van der Waals surface area contributed by atoms with Crippen LogP contribution in [0.1, 0.15) is 11.1 Å². The molecule has 0 fully saturated rings. The van der Waals surface area contributed by atoms with E-state index in [0.717, 1.165) is 22.3 Å². The number of amides is 1. The summed E-state index contributed by atoms with van der Waals surface area (Å²) < 4.78 is 17.7. The van der Waals surface area contributed by atoms with E-state index < -0.39 is 6.09 Å². The highest BCUT2D eigenvalue weighted by molar-refractivity contribution is 5.73. The smallest absolute Gasteiger partial charge is 0.412 e. The molecule has 0 bridgehead atoms. The molecule has 1 heterocycles. The fourth-order valence-corrected chi connectivity index (χ4v) is 3.45. The summed E-state index contributed by atoms with van der Waals surface area (Å²) in [4.78, 5) is 12.5. The average molecular weight is 460 g/mol. The number of carbonyl (C=O) groups excluding carboxylic acids is 1. The van der Waals surface area contributed by atoms with Gasteiger partial charge in [-0.25, -0.2) is 9.48 Å². The van der Waals surface area contributed by atoms with Gasteiger partial charge in [0.05, 0.1) is 19.9 Å². The van der Waals surface area contributed by atoms with Crippen LogP contribution in [-0.4, -0.2) is 47.1 Å². The molecule has 0 saturated carbocycles. The van der Waals surface area contributed by atoms with Crippen molar-refractivity contribution in [1.82, 2.24) is 25.5 Å². The number of nitrogens with one attached hydrogen (secondary N) is 1. The molecule has 3 aromatic carbocycles. The summed E-state index contributed by atoms with van der Waals surface area (Å²) in [6, 6.07) is 19.2. The molecule has 0 unspecified atom stereocenters. The Hall–Kier alpha value is -4.40. The van der Waals surface area contributed by atoms with Crippen LogP contribution >= 0.6 is 0 Å². The Labute approximate surface area is 197 Å². The zero-order valence-corrected chi connectivity index (χ0v) is 19.2. The van der Waals surface area contributed by atoms with Crippen LogP contribution < -0.4 is 19.5 Å². The molecule has 4 rings (SSSR count). The normalized spacial score (nSPS) is 10.6. The van der Waals surface area contributed by atoms with Gasteiger partial charge in [-0.1, -0.05) is 35.9 Å². The number of hydrogen-bond acceptors (Lipinski definition) is 7. The average Bonchev–Trinajstić information content (AvgIpc) is 3.39. The SMILES string of the molecule is COc1ccc(CCNC(=O)Oc2cc(-c3ccc(C)cc3)cc(-n3cnnn3)c2)cc1OC. The minimum atomic E-state index is -0.552. The molecule has 0 aliphatic heterocycles. The summed E-state index contributed by atoms with van der Waals surface area (Å²) in [6.07, 6.45) is 1.54. The second-order valence-electron chi connectivity index (χ2n) is 7.59. The van der Waals surface area contributed by atoms with Gasteiger partial charge in [0.1, 0.15) is 12.1 Å². The van der Waals surface area contributed by atoms with Crippen molar-refractivity contribution in [3.63, 3.8) is 0 Å². The fourth-order valence-electron chi connectivity index (χ4n) is 3.45. The van der Waals surface area contributed by atoms with E-state index in [2.05, 4.69) is 20.8 Å². The lowest BCUT2D eigenvalue weighted by Crippen LogP contribution is -2.28. The topological polar surface area (TPSA) is 100 Å². The first-order valence-electron chi connectivity index (χ1n) is 10.7. The number of tetrazole rings is 1. The quantitative estimate of drug-likeness (QED) is 0.425. The molecular formula is C25H25N5O4. The Balaban J connectivity index is 1.46. The lowest BCUT2D eigenvalue weighted by Gasteiger charge is -2.12. The van der Waals surface area contributed by atoms with Crippen LogP contribution in [0, 0.1) is 6.92 Å². The number of benzene rings is 3. The van der Waals surface area contributed by atoms with Crippen molar-refractivity contribution >= 4 is 6.09 Å². The molecule has 1 amide bonds. The van der Waals surface area contributed by atoms with Crippen molar-refractivity contribution in [2.75, 3.05) is 20.8 Å². The maximum atomic E-state index is 12.5. The van der Waals surface area contributed by atoms with Gasteiger partial charge in [0.25, 0.3) is 0 Å². The third-order valence-electron chi connectivity index (χ3n) is 5.23. The fraction of sp³-hybridized carbons (Fsp3) is 0.200. The lowest BCUT2D eigenvalue weighted by atomic mass is 10.0. The minimum Gasteiger partial charge on any atom is -0.493 e. The van der Waals surface area contributed by atoms with Crippen molar-refractivity contribution < 1.29 is 19.0 Å². The Bertz CT molecular complexity index is 1260. The van der Waals surface area contributed by atoms with Crippen molar-refractivity contribution in [3.05, 3.63) is 78.1 Å². The maximum Gasteiger partial charge on any atom is 0.412 e. The number of carbonyl (C=O) groups is 1. The number of nitrogens with zero attached hydrogens (tertiary/aromatic N) is 4. The maximum absolute atomic E-state index is 12.5. The van der Waals surface area contributed by atoms with Gasteiger partial charge in [0, 0.05) is 12.6 Å². The van der Waals surface area contributed by atoms with E-state index in [4.69, 9.17) is 14.2 Å². The van der Waals surface area contributed by atoms with Gasteiger partial charge >= 0.3 is 6.09 Å². The number of aromatic nitrogens is 4. The Kier molecular flexibility index (Phi) is 7.02. The van der Waals surface area contributed by atoms with Crippen LogP contribution in [0.2, 0.25) is 0 Å². The molecule has 0 saturated heterocycles. The third kappa shape index (κ3) is 5.50. The zero-order chi connectivity index (χ0) is 23.9. The number of aryl methyl sites for hydroxylation is 1.